The second kappa shape index (κ2) is 8.06. The third kappa shape index (κ3) is 3.80. The summed E-state index contributed by atoms with van der Waals surface area (Å²) in [6.45, 7) is 3.19. The highest BCUT2D eigenvalue weighted by atomic mass is 16.5. The molecule has 2 saturated carbocycles. The predicted molar refractivity (Wildman–Crippen MR) is 122 cm³/mol. The summed E-state index contributed by atoms with van der Waals surface area (Å²) in [5.74, 6) is 2.83. The van der Waals surface area contributed by atoms with Gasteiger partial charge in [-0.1, -0.05) is 43.5 Å². The smallest absolute Gasteiger partial charge is 0.227 e. The van der Waals surface area contributed by atoms with Crippen molar-refractivity contribution in [2.45, 2.75) is 69.6 Å². The molecule has 2 aromatic rings. The Balaban J connectivity index is 1.22. The van der Waals surface area contributed by atoms with Crippen molar-refractivity contribution in [3.63, 3.8) is 0 Å². The van der Waals surface area contributed by atoms with Crippen LogP contribution in [-0.4, -0.2) is 35.8 Å². The largest absolute Gasteiger partial charge is 0.383 e. The number of nitrogen functional groups attached to an aromatic ring is 1. The summed E-state index contributed by atoms with van der Waals surface area (Å²) in [7, 11) is 0. The van der Waals surface area contributed by atoms with Crippen LogP contribution in [0, 0.1) is 5.92 Å². The van der Waals surface area contributed by atoms with Gasteiger partial charge in [0.15, 0.2) is 0 Å². The summed E-state index contributed by atoms with van der Waals surface area (Å²) in [6.07, 6.45) is 9.68. The van der Waals surface area contributed by atoms with Crippen molar-refractivity contribution in [1.29, 1.82) is 0 Å². The molecule has 0 amide bonds. The summed E-state index contributed by atoms with van der Waals surface area (Å²) in [4.78, 5) is 11.9. The first kappa shape index (κ1) is 19.5. The fourth-order valence-corrected chi connectivity index (χ4v) is 5.70. The van der Waals surface area contributed by atoms with Crippen molar-refractivity contribution >= 4 is 11.8 Å². The van der Waals surface area contributed by atoms with Crippen molar-refractivity contribution < 1.29 is 4.74 Å². The zero-order valence-corrected chi connectivity index (χ0v) is 18.2. The molecule has 164 valence electrons. The molecule has 4 aliphatic rings. The topological polar surface area (TPSA) is 76.3 Å². The van der Waals surface area contributed by atoms with Crippen molar-refractivity contribution in [2.24, 2.45) is 5.92 Å². The lowest BCUT2D eigenvalue weighted by Crippen LogP contribution is -2.44. The van der Waals surface area contributed by atoms with E-state index in [9.17, 15) is 0 Å². The molecule has 0 spiro atoms. The van der Waals surface area contributed by atoms with E-state index in [2.05, 4.69) is 34.5 Å². The minimum absolute atomic E-state index is 0.0772. The number of ether oxygens (including phenoxy) is 1. The lowest BCUT2D eigenvalue weighted by Gasteiger charge is -2.33. The number of benzene rings is 1. The van der Waals surface area contributed by atoms with Crippen LogP contribution in [0.15, 0.2) is 24.3 Å². The number of nitrogens with one attached hydrogen (secondary N) is 1. The average molecular weight is 420 g/mol. The van der Waals surface area contributed by atoms with Crippen LogP contribution in [0.25, 0.3) is 0 Å². The van der Waals surface area contributed by atoms with Gasteiger partial charge in [0.1, 0.15) is 5.82 Å². The Morgan fingerprint density at radius 3 is 2.52 bits per heavy atom. The van der Waals surface area contributed by atoms with E-state index < -0.39 is 0 Å². The fourth-order valence-electron chi connectivity index (χ4n) is 5.70. The Labute approximate surface area is 184 Å². The van der Waals surface area contributed by atoms with Gasteiger partial charge in [-0.15, -0.1) is 0 Å². The Kier molecular flexibility index (Phi) is 5.07. The molecule has 0 bridgehead atoms. The average Bonchev–Trinajstić information content (AvgIpc) is 3.59. The molecule has 6 nitrogen and oxygen atoms in total. The first-order valence-electron chi connectivity index (χ1n) is 12.1. The van der Waals surface area contributed by atoms with E-state index in [0.717, 1.165) is 55.3 Å². The van der Waals surface area contributed by atoms with Crippen LogP contribution in [0.5, 0.6) is 0 Å². The van der Waals surface area contributed by atoms with Gasteiger partial charge < -0.3 is 20.7 Å². The minimum Gasteiger partial charge on any atom is -0.383 e. The molecule has 2 aliphatic heterocycles. The Bertz CT molecular complexity index is 936. The molecule has 3 heterocycles. The molecule has 2 unspecified atom stereocenters. The van der Waals surface area contributed by atoms with E-state index in [1.165, 1.54) is 56.1 Å². The zero-order chi connectivity index (χ0) is 20.8. The molecule has 3 N–H and O–H groups in total. The molecule has 1 saturated heterocycles. The van der Waals surface area contributed by atoms with Gasteiger partial charge in [0, 0.05) is 25.2 Å². The van der Waals surface area contributed by atoms with Gasteiger partial charge in [0.05, 0.1) is 24.4 Å². The molecule has 0 radical (unpaired) electrons. The summed E-state index contributed by atoms with van der Waals surface area (Å²) < 4.78 is 5.96. The molecule has 2 atom stereocenters. The normalized spacial score (nSPS) is 26.8. The van der Waals surface area contributed by atoms with Crippen LogP contribution >= 0.6 is 0 Å². The molecule has 2 aliphatic carbocycles. The number of nitrogens with two attached hydrogens (primary N) is 1. The van der Waals surface area contributed by atoms with Gasteiger partial charge in [0.25, 0.3) is 0 Å². The first-order chi connectivity index (χ1) is 15.3. The second-order valence-electron chi connectivity index (χ2n) is 9.78. The summed E-state index contributed by atoms with van der Waals surface area (Å²) >= 11 is 0. The van der Waals surface area contributed by atoms with Crippen LogP contribution in [-0.2, 0) is 11.3 Å². The van der Waals surface area contributed by atoms with E-state index in [4.69, 9.17) is 20.4 Å². The van der Waals surface area contributed by atoms with Gasteiger partial charge in [0.2, 0.25) is 5.95 Å². The number of morpholine rings is 1. The standard InChI is InChI=1S/C25H33N5O/c26-24-22-20(28-25(29-24)30-12-13-31-21(15-30)18-8-9-18)14-27-23(22)19-10-6-17(7-11-19)16-4-2-1-3-5-16/h6-7,10-11,16,18,21,23,27H,1-5,8-9,12-15H2,(H2,26,28,29). The van der Waals surface area contributed by atoms with Crippen LogP contribution in [0.1, 0.15) is 79.3 Å². The monoisotopic (exact) mass is 419 g/mol. The third-order valence-electron chi connectivity index (χ3n) is 7.68. The maximum absolute atomic E-state index is 6.51. The van der Waals surface area contributed by atoms with Crippen LogP contribution < -0.4 is 16.0 Å². The van der Waals surface area contributed by atoms with Gasteiger partial charge >= 0.3 is 0 Å². The van der Waals surface area contributed by atoms with E-state index in [1.54, 1.807) is 0 Å². The Morgan fingerprint density at radius 2 is 1.74 bits per heavy atom. The van der Waals surface area contributed by atoms with Crippen LogP contribution in [0.4, 0.5) is 11.8 Å². The van der Waals surface area contributed by atoms with Crippen molar-refractivity contribution in [1.82, 2.24) is 15.3 Å². The lowest BCUT2D eigenvalue weighted by molar-refractivity contribution is 0.0258. The Hall–Kier alpha value is -2.18. The van der Waals surface area contributed by atoms with Crippen molar-refractivity contribution in [3.8, 4) is 0 Å². The Morgan fingerprint density at radius 1 is 0.968 bits per heavy atom. The lowest BCUT2D eigenvalue weighted by atomic mass is 9.83. The highest BCUT2D eigenvalue weighted by molar-refractivity contribution is 5.55. The minimum atomic E-state index is 0.0772. The molecule has 1 aromatic heterocycles. The molecule has 3 fully saturated rings. The molecular formula is C25H33N5O. The van der Waals surface area contributed by atoms with Crippen LogP contribution in [0.2, 0.25) is 0 Å². The highest BCUT2D eigenvalue weighted by Gasteiger charge is 2.37. The number of anilines is 2. The summed E-state index contributed by atoms with van der Waals surface area (Å²) in [5.41, 5.74) is 11.3. The zero-order valence-electron chi connectivity index (χ0n) is 18.2. The molecular weight excluding hydrogens is 386 g/mol. The number of nitrogens with zero attached hydrogens (tertiary/aromatic N) is 3. The summed E-state index contributed by atoms with van der Waals surface area (Å²) in [5, 5.41) is 3.62. The van der Waals surface area contributed by atoms with Crippen LogP contribution in [0.3, 0.4) is 0 Å². The van der Waals surface area contributed by atoms with E-state index in [1.807, 2.05) is 0 Å². The van der Waals surface area contributed by atoms with E-state index in [0.29, 0.717) is 11.9 Å². The van der Waals surface area contributed by atoms with E-state index in [-0.39, 0.29) is 6.04 Å². The van der Waals surface area contributed by atoms with Gasteiger partial charge in [-0.05, 0) is 48.6 Å². The number of fused-ring (bicyclic) bond motifs is 1. The molecule has 6 heteroatoms. The summed E-state index contributed by atoms with van der Waals surface area (Å²) in [6, 6.07) is 9.26. The number of hydrogen-bond acceptors (Lipinski definition) is 6. The SMILES string of the molecule is Nc1nc(N2CCOC(C3CC3)C2)nc2c1C(c1ccc(C3CCCCC3)cc1)NC2. The van der Waals surface area contributed by atoms with Gasteiger partial charge in [-0.3, -0.25) is 0 Å². The predicted octanol–water partition coefficient (Wildman–Crippen LogP) is 3.91. The van der Waals surface area contributed by atoms with Gasteiger partial charge in [-0.2, -0.15) is 4.98 Å². The van der Waals surface area contributed by atoms with Crippen molar-refractivity contribution in [2.75, 3.05) is 30.3 Å². The highest BCUT2D eigenvalue weighted by Crippen LogP contribution is 2.38. The van der Waals surface area contributed by atoms with E-state index >= 15 is 0 Å². The van der Waals surface area contributed by atoms with Gasteiger partial charge in [-0.25, -0.2) is 4.98 Å². The fraction of sp³-hybridized carbons (Fsp3) is 0.600. The maximum atomic E-state index is 6.51. The number of hydrogen-bond donors (Lipinski definition) is 2. The van der Waals surface area contributed by atoms with Crippen molar-refractivity contribution in [3.05, 3.63) is 46.6 Å². The molecule has 31 heavy (non-hydrogen) atoms. The number of aromatic nitrogens is 2. The molecule has 1 aromatic carbocycles. The number of rotatable bonds is 4. The first-order valence-corrected chi connectivity index (χ1v) is 12.1. The maximum Gasteiger partial charge on any atom is 0.227 e. The second-order valence-corrected chi connectivity index (χ2v) is 9.78. The third-order valence-corrected chi connectivity index (χ3v) is 7.68. The molecule has 6 rings (SSSR count). The quantitative estimate of drug-likeness (QED) is 0.782.